The van der Waals surface area contributed by atoms with Crippen LogP contribution in [-0.2, 0) is 40.3 Å². The highest BCUT2D eigenvalue weighted by atomic mass is 16.3. The molecule has 0 spiro atoms. The van der Waals surface area contributed by atoms with Crippen LogP contribution >= 0.6 is 0 Å². The summed E-state index contributed by atoms with van der Waals surface area (Å²) >= 11 is 0. The van der Waals surface area contributed by atoms with E-state index >= 15 is 0 Å². The first-order chi connectivity index (χ1) is 24.4. The lowest BCUT2D eigenvalue weighted by atomic mass is 9.98. The summed E-state index contributed by atoms with van der Waals surface area (Å²) in [6, 6.07) is 33.8. The first kappa shape index (κ1) is 32.8. The highest BCUT2D eigenvalue weighted by molar-refractivity contribution is 5.92. The van der Waals surface area contributed by atoms with Crippen molar-refractivity contribution in [2.24, 2.45) is 0 Å². The van der Waals surface area contributed by atoms with E-state index in [9.17, 15) is 19.5 Å². The van der Waals surface area contributed by atoms with E-state index in [0.717, 1.165) is 33.3 Å². The molecule has 4 aromatic carbocycles. The van der Waals surface area contributed by atoms with Crippen LogP contribution in [0.4, 0.5) is 0 Å². The van der Waals surface area contributed by atoms with E-state index in [2.05, 4.69) is 18.7 Å². The van der Waals surface area contributed by atoms with E-state index in [1.165, 1.54) is 0 Å². The number of nitrogens with zero attached hydrogens (tertiary/aromatic N) is 6. The Morgan fingerprint density at radius 2 is 1.52 bits per heavy atom. The second kappa shape index (κ2) is 14.4. The van der Waals surface area contributed by atoms with E-state index in [0.29, 0.717) is 19.5 Å². The summed E-state index contributed by atoms with van der Waals surface area (Å²) in [4.78, 5) is 46.0. The quantitative estimate of drug-likeness (QED) is 0.204. The molecular weight excluding hydrogens is 628 g/mol. The van der Waals surface area contributed by atoms with Crippen LogP contribution in [0.2, 0.25) is 0 Å². The van der Waals surface area contributed by atoms with Crippen LogP contribution in [0.25, 0.3) is 10.9 Å². The van der Waals surface area contributed by atoms with Crippen LogP contribution in [0.5, 0.6) is 5.75 Å². The van der Waals surface area contributed by atoms with Crippen molar-refractivity contribution in [1.29, 1.82) is 0 Å². The molecule has 3 heterocycles. The molecule has 0 unspecified atom stereocenters. The van der Waals surface area contributed by atoms with Crippen molar-refractivity contribution in [3.8, 4) is 5.75 Å². The molecule has 0 aliphatic carbocycles. The van der Waals surface area contributed by atoms with Gasteiger partial charge in [-0.2, -0.15) is 5.10 Å². The summed E-state index contributed by atoms with van der Waals surface area (Å²) in [5, 5.41) is 19.3. The monoisotopic (exact) mass is 668 g/mol. The largest absolute Gasteiger partial charge is 0.508 e. The number of hydrogen-bond donors (Lipinski definition) is 1. The molecule has 10 nitrogen and oxygen atoms in total. The van der Waals surface area contributed by atoms with Gasteiger partial charge in [-0.15, -0.1) is 6.58 Å². The van der Waals surface area contributed by atoms with E-state index in [-0.39, 0.29) is 55.9 Å². The van der Waals surface area contributed by atoms with Gasteiger partial charge in [-0.25, -0.2) is 10.0 Å². The van der Waals surface area contributed by atoms with E-state index in [1.807, 2.05) is 77.5 Å². The highest BCUT2D eigenvalue weighted by Gasteiger charge is 2.51. The number of aromatic hydroxyl groups is 1. The van der Waals surface area contributed by atoms with Gasteiger partial charge in [0.25, 0.3) is 0 Å². The molecule has 1 N–H and O–H groups in total. The van der Waals surface area contributed by atoms with Crippen molar-refractivity contribution in [3.05, 3.63) is 144 Å². The molecule has 7 rings (SSSR count). The molecule has 2 fully saturated rings. The maximum absolute atomic E-state index is 14.5. The molecule has 2 aliphatic heterocycles. The number of benzene rings is 4. The predicted octanol–water partition coefficient (Wildman–Crippen LogP) is 4.78. The van der Waals surface area contributed by atoms with Crippen molar-refractivity contribution in [3.63, 3.8) is 0 Å². The normalized spacial score (nSPS) is 18.0. The Morgan fingerprint density at radius 1 is 0.840 bits per heavy atom. The maximum atomic E-state index is 14.5. The van der Waals surface area contributed by atoms with E-state index < -0.39 is 12.2 Å². The molecule has 5 aromatic rings. The minimum atomic E-state index is -0.862. The Kier molecular flexibility index (Phi) is 9.44. The Morgan fingerprint density at radius 3 is 2.24 bits per heavy atom. The Bertz CT molecular complexity index is 2000. The molecular formula is C40H40N6O4. The number of hydrazine groups is 1. The molecule has 0 bridgehead atoms. The van der Waals surface area contributed by atoms with Crippen molar-refractivity contribution in [2.75, 3.05) is 19.6 Å². The molecule has 3 amide bonds. The zero-order valence-corrected chi connectivity index (χ0v) is 27.8. The number of phenols is 1. The van der Waals surface area contributed by atoms with Gasteiger partial charge in [-0.3, -0.25) is 19.1 Å². The zero-order valence-electron chi connectivity index (χ0n) is 27.8. The van der Waals surface area contributed by atoms with Gasteiger partial charge in [0.05, 0.1) is 37.4 Å². The van der Waals surface area contributed by atoms with Gasteiger partial charge in [-0.05, 0) is 41.3 Å². The SMILES string of the molecule is C=CCN1CC(=O)N2[C@@H](Cc3ccc(O)cc3)C(=O)N(Cc3nn(Cc4ccccc4)c4ccccc34)C[C@@H]2N1C(=O)CCc1ccccc1. The highest BCUT2D eigenvalue weighted by Crippen LogP contribution is 2.31. The van der Waals surface area contributed by atoms with Gasteiger partial charge < -0.3 is 14.9 Å². The summed E-state index contributed by atoms with van der Waals surface area (Å²) in [5.41, 5.74) is 4.65. The molecule has 2 saturated heterocycles. The predicted molar refractivity (Wildman–Crippen MR) is 190 cm³/mol. The number of amides is 3. The number of piperazine rings is 1. The van der Waals surface area contributed by atoms with Crippen molar-refractivity contribution >= 4 is 28.6 Å². The zero-order chi connectivity index (χ0) is 34.6. The third kappa shape index (κ3) is 6.75. The lowest BCUT2D eigenvalue weighted by Crippen LogP contribution is -2.75. The lowest BCUT2D eigenvalue weighted by Gasteiger charge is -2.55. The van der Waals surface area contributed by atoms with Crippen LogP contribution in [0, 0.1) is 0 Å². The Labute approximate surface area is 291 Å². The number of carbonyl (C=O) groups is 3. The molecule has 254 valence electrons. The Balaban J connectivity index is 1.25. The Hall–Kier alpha value is -5.74. The molecule has 0 saturated carbocycles. The first-order valence-corrected chi connectivity index (χ1v) is 17.0. The summed E-state index contributed by atoms with van der Waals surface area (Å²) in [5.74, 6) is -0.449. The second-order valence-electron chi connectivity index (χ2n) is 12.9. The fourth-order valence-electron chi connectivity index (χ4n) is 7.14. The molecule has 2 atom stereocenters. The van der Waals surface area contributed by atoms with Crippen LogP contribution in [0.3, 0.4) is 0 Å². The summed E-state index contributed by atoms with van der Waals surface area (Å²) < 4.78 is 1.96. The third-order valence-electron chi connectivity index (χ3n) is 9.51. The van der Waals surface area contributed by atoms with Gasteiger partial charge in [0, 0.05) is 24.8 Å². The average molecular weight is 669 g/mol. The first-order valence-electron chi connectivity index (χ1n) is 17.0. The molecule has 2 aliphatic rings. The molecule has 50 heavy (non-hydrogen) atoms. The fourth-order valence-corrected chi connectivity index (χ4v) is 7.14. The summed E-state index contributed by atoms with van der Waals surface area (Å²) in [7, 11) is 0. The number of phenolic OH excluding ortho intramolecular Hbond substituents is 1. The van der Waals surface area contributed by atoms with Crippen LogP contribution < -0.4 is 0 Å². The van der Waals surface area contributed by atoms with Gasteiger partial charge >= 0.3 is 0 Å². The number of aryl methyl sites for hydroxylation is 1. The number of rotatable bonds is 11. The standard InChI is InChI=1S/C40H40N6O4/c1-2-23-43-28-39(49)45-36(24-30-17-20-32(47)21-18-30)40(50)42(27-37(45)46(43)38(48)22-19-29-11-5-3-6-12-29)26-34-33-15-9-10-16-35(33)44(41-34)25-31-13-7-4-8-14-31/h2-18,20-21,36-37,47H,1,19,22-28H2/t36-,37-/m0/s1. The van der Waals surface area contributed by atoms with Gasteiger partial charge in [-0.1, -0.05) is 97.1 Å². The van der Waals surface area contributed by atoms with Crippen molar-refractivity contribution in [1.82, 2.24) is 29.6 Å². The van der Waals surface area contributed by atoms with Gasteiger partial charge in [0.2, 0.25) is 17.7 Å². The number of carbonyl (C=O) groups excluding carboxylic acids is 3. The summed E-state index contributed by atoms with van der Waals surface area (Å²) in [6.45, 7) is 5.06. The van der Waals surface area contributed by atoms with Gasteiger partial charge in [0.15, 0.2) is 0 Å². The summed E-state index contributed by atoms with van der Waals surface area (Å²) in [6.07, 6.45) is 1.97. The molecule has 10 heteroatoms. The molecule has 0 radical (unpaired) electrons. The number of aromatic nitrogens is 2. The van der Waals surface area contributed by atoms with Crippen LogP contribution in [0.15, 0.2) is 122 Å². The van der Waals surface area contributed by atoms with E-state index in [1.54, 1.807) is 50.2 Å². The fraction of sp³-hybridized carbons (Fsp3) is 0.250. The topological polar surface area (TPSA) is 102 Å². The van der Waals surface area contributed by atoms with Crippen LogP contribution in [0.1, 0.15) is 28.8 Å². The number of hydrogen-bond acceptors (Lipinski definition) is 6. The second-order valence-corrected chi connectivity index (χ2v) is 12.9. The van der Waals surface area contributed by atoms with Crippen molar-refractivity contribution in [2.45, 2.75) is 44.6 Å². The minimum Gasteiger partial charge on any atom is -0.508 e. The smallest absolute Gasteiger partial charge is 0.246 e. The van der Waals surface area contributed by atoms with Crippen LogP contribution in [-0.4, -0.2) is 84.3 Å². The lowest BCUT2D eigenvalue weighted by molar-refractivity contribution is -0.205. The van der Waals surface area contributed by atoms with E-state index in [4.69, 9.17) is 5.10 Å². The number of para-hydroxylation sites is 1. The number of fused-ring (bicyclic) bond motifs is 2. The minimum absolute atomic E-state index is 0.0481. The molecule has 1 aromatic heterocycles. The third-order valence-corrected chi connectivity index (χ3v) is 9.51. The maximum Gasteiger partial charge on any atom is 0.246 e. The average Bonchev–Trinajstić information content (AvgIpc) is 3.47. The van der Waals surface area contributed by atoms with Gasteiger partial charge in [0.1, 0.15) is 18.0 Å². The van der Waals surface area contributed by atoms with Crippen molar-refractivity contribution < 1.29 is 19.5 Å².